The van der Waals surface area contributed by atoms with E-state index in [0.717, 1.165) is 57.8 Å². The molecule has 4 rings (SSSR count). The molecule has 1 atom stereocenters. The van der Waals surface area contributed by atoms with Crippen LogP contribution in [0.4, 0.5) is 0 Å². The van der Waals surface area contributed by atoms with E-state index in [1.165, 1.54) is 5.69 Å². The molecular weight excluding hydrogens is 314 g/mol. The van der Waals surface area contributed by atoms with Gasteiger partial charge >= 0.3 is 0 Å². The number of likely N-dealkylation sites (N-methyl/N-ethyl adjacent to an activating group) is 1. The molecule has 5 nitrogen and oxygen atoms in total. The average Bonchev–Trinajstić information content (AvgIpc) is 3.33. The molecule has 1 spiro atoms. The lowest BCUT2D eigenvalue weighted by Gasteiger charge is -2.39. The van der Waals surface area contributed by atoms with E-state index in [4.69, 9.17) is 9.15 Å². The zero-order valence-electron chi connectivity index (χ0n) is 15.4. The molecule has 5 heteroatoms. The van der Waals surface area contributed by atoms with Crippen LogP contribution in [0, 0.1) is 0 Å². The summed E-state index contributed by atoms with van der Waals surface area (Å²) in [6, 6.07) is 8.84. The van der Waals surface area contributed by atoms with Gasteiger partial charge in [-0.05, 0) is 50.6 Å². The number of ether oxygens (including phenoxy) is 1. The van der Waals surface area contributed by atoms with Gasteiger partial charge in [0.05, 0.1) is 25.0 Å². The number of hydrogen-bond donors (Lipinski definition) is 0. The number of piperidine rings is 1. The minimum absolute atomic E-state index is 0.0901. The molecule has 0 radical (unpaired) electrons. The highest BCUT2D eigenvalue weighted by molar-refractivity contribution is 5.07. The summed E-state index contributed by atoms with van der Waals surface area (Å²) < 4.78 is 14.0. The van der Waals surface area contributed by atoms with Gasteiger partial charge in [0, 0.05) is 44.6 Å². The zero-order chi connectivity index (χ0) is 17.3. The van der Waals surface area contributed by atoms with E-state index in [1.54, 1.807) is 6.26 Å². The fourth-order valence-corrected chi connectivity index (χ4v) is 4.24. The highest BCUT2D eigenvalue weighted by Gasteiger charge is 2.43. The predicted molar refractivity (Wildman–Crippen MR) is 97.2 cm³/mol. The third-order valence-corrected chi connectivity index (χ3v) is 6.00. The van der Waals surface area contributed by atoms with Crippen molar-refractivity contribution in [1.29, 1.82) is 0 Å². The number of furan rings is 1. The normalized spacial score (nSPS) is 23.7. The van der Waals surface area contributed by atoms with Crippen LogP contribution >= 0.6 is 0 Å². The molecule has 1 unspecified atom stereocenters. The molecule has 0 aliphatic carbocycles. The number of aromatic nitrogens is 1. The van der Waals surface area contributed by atoms with Crippen molar-refractivity contribution in [3.8, 4) is 0 Å². The summed E-state index contributed by atoms with van der Waals surface area (Å²) >= 11 is 0. The Morgan fingerprint density at radius 2 is 2.08 bits per heavy atom. The van der Waals surface area contributed by atoms with Crippen LogP contribution in [-0.4, -0.2) is 52.8 Å². The number of nitrogens with zero attached hydrogens (tertiary/aromatic N) is 3. The van der Waals surface area contributed by atoms with Gasteiger partial charge in [-0.25, -0.2) is 0 Å². The van der Waals surface area contributed by atoms with Crippen LogP contribution in [0.5, 0.6) is 0 Å². The van der Waals surface area contributed by atoms with Gasteiger partial charge in [0.2, 0.25) is 0 Å². The van der Waals surface area contributed by atoms with Gasteiger partial charge in [-0.2, -0.15) is 0 Å². The summed E-state index contributed by atoms with van der Waals surface area (Å²) in [6.07, 6.45) is 7.30. The Morgan fingerprint density at radius 1 is 1.24 bits per heavy atom. The average molecular weight is 343 g/mol. The lowest BCUT2D eigenvalue weighted by Crippen LogP contribution is -2.44. The molecule has 0 amide bonds. The first-order valence-electron chi connectivity index (χ1n) is 9.33. The van der Waals surface area contributed by atoms with E-state index in [9.17, 15) is 0 Å². The first-order chi connectivity index (χ1) is 12.1. The van der Waals surface area contributed by atoms with Crippen LogP contribution in [0.25, 0.3) is 0 Å². The number of likely N-dealkylation sites (tertiary alicyclic amines) is 1. The highest BCUT2D eigenvalue weighted by Crippen LogP contribution is 2.38. The fourth-order valence-electron chi connectivity index (χ4n) is 4.24. The van der Waals surface area contributed by atoms with Crippen LogP contribution in [-0.2, 0) is 24.9 Å². The Balaban J connectivity index is 1.29. The van der Waals surface area contributed by atoms with Gasteiger partial charge in [-0.15, -0.1) is 0 Å². The van der Waals surface area contributed by atoms with Crippen molar-refractivity contribution in [1.82, 2.24) is 14.4 Å². The van der Waals surface area contributed by atoms with E-state index < -0.39 is 0 Å². The fraction of sp³-hybridized carbons (Fsp3) is 0.600. The third kappa shape index (κ3) is 3.68. The first-order valence-corrected chi connectivity index (χ1v) is 9.33. The standard InChI is InChI=1S/C20H29N3O2/c1-21-9-3-5-17(21)14-23-10-7-20(8-11-23)13-18(16-25-20)22(2)15-19-6-4-12-24-19/h3-6,9,12,18H,7-8,10-11,13-16H2,1-2H3. The molecule has 136 valence electrons. The molecule has 25 heavy (non-hydrogen) atoms. The van der Waals surface area contributed by atoms with Crippen molar-refractivity contribution < 1.29 is 9.15 Å². The minimum Gasteiger partial charge on any atom is -0.468 e. The number of rotatable bonds is 5. The Hall–Kier alpha value is -1.56. The molecule has 0 aromatic carbocycles. The van der Waals surface area contributed by atoms with Crippen molar-refractivity contribution in [2.45, 2.75) is 44.0 Å². The summed E-state index contributed by atoms with van der Waals surface area (Å²) in [5, 5.41) is 0. The topological polar surface area (TPSA) is 33.8 Å². The Kier molecular flexibility index (Phi) is 4.71. The largest absolute Gasteiger partial charge is 0.468 e. The van der Waals surface area contributed by atoms with E-state index in [-0.39, 0.29) is 5.60 Å². The zero-order valence-corrected chi connectivity index (χ0v) is 15.4. The second-order valence-electron chi connectivity index (χ2n) is 7.73. The maximum absolute atomic E-state index is 6.34. The van der Waals surface area contributed by atoms with Gasteiger partial charge in [0.1, 0.15) is 5.76 Å². The van der Waals surface area contributed by atoms with Crippen LogP contribution < -0.4 is 0 Å². The van der Waals surface area contributed by atoms with Gasteiger partial charge in [-0.1, -0.05) is 0 Å². The molecule has 2 aliphatic rings. The molecular formula is C20H29N3O2. The van der Waals surface area contributed by atoms with E-state index >= 15 is 0 Å². The van der Waals surface area contributed by atoms with Crippen molar-refractivity contribution >= 4 is 0 Å². The molecule has 2 aromatic heterocycles. The second-order valence-corrected chi connectivity index (χ2v) is 7.73. The van der Waals surface area contributed by atoms with Crippen LogP contribution in [0.2, 0.25) is 0 Å². The smallest absolute Gasteiger partial charge is 0.117 e. The highest BCUT2D eigenvalue weighted by atomic mass is 16.5. The number of aryl methyl sites for hydroxylation is 1. The summed E-state index contributed by atoms with van der Waals surface area (Å²) in [6.45, 7) is 4.99. The molecule has 0 bridgehead atoms. The summed E-state index contributed by atoms with van der Waals surface area (Å²) in [5.74, 6) is 1.03. The Bertz CT molecular complexity index is 671. The van der Waals surface area contributed by atoms with Crippen molar-refractivity contribution in [3.63, 3.8) is 0 Å². The van der Waals surface area contributed by atoms with Crippen LogP contribution in [0.3, 0.4) is 0 Å². The molecule has 0 N–H and O–H groups in total. The lowest BCUT2D eigenvalue weighted by atomic mass is 9.87. The molecule has 2 saturated heterocycles. The Morgan fingerprint density at radius 3 is 2.76 bits per heavy atom. The monoisotopic (exact) mass is 343 g/mol. The minimum atomic E-state index is 0.0901. The summed E-state index contributed by atoms with van der Waals surface area (Å²) in [4.78, 5) is 4.94. The molecule has 2 aliphatic heterocycles. The van der Waals surface area contributed by atoms with Gasteiger partial charge in [0.15, 0.2) is 0 Å². The van der Waals surface area contributed by atoms with Crippen molar-refractivity contribution in [2.24, 2.45) is 7.05 Å². The second kappa shape index (κ2) is 6.98. The molecule has 2 fully saturated rings. The van der Waals surface area contributed by atoms with Gasteiger partial charge < -0.3 is 13.7 Å². The van der Waals surface area contributed by atoms with Crippen molar-refractivity contribution in [2.75, 3.05) is 26.7 Å². The number of hydrogen-bond acceptors (Lipinski definition) is 4. The first kappa shape index (κ1) is 16.9. The van der Waals surface area contributed by atoms with E-state index in [0.29, 0.717) is 6.04 Å². The van der Waals surface area contributed by atoms with Crippen LogP contribution in [0.15, 0.2) is 41.1 Å². The molecule has 0 saturated carbocycles. The van der Waals surface area contributed by atoms with Crippen LogP contribution in [0.1, 0.15) is 30.7 Å². The van der Waals surface area contributed by atoms with Crippen molar-refractivity contribution in [3.05, 3.63) is 48.2 Å². The maximum Gasteiger partial charge on any atom is 0.117 e. The summed E-state index contributed by atoms with van der Waals surface area (Å²) in [5.41, 5.74) is 1.48. The Labute approximate surface area is 150 Å². The lowest BCUT2D eigenvalue weighted by molar-refractivity contribution is -0.0455. The summed E-state index contributed by atoms with van der Waals surface area (Å²) in [7, 11) is 4.31. The van der Waals surface area contributed by atoms with E-state index in [1.807, 2.05) is 12.1 Å². The quantitative estimate of drug-likeness (QED) is 0.836. The molecule has 2 aromatic rings. The molecule has 4 heterocycles. The van der Waals surface area contributed by atoms with Gasteiger partial charge in [-0.3, -0.25) is 9.80 Å². The maximum atomic E-state index is 6.34. The van der Waals surface area contributed by atoms with Gasteiger partial charge in [0.25, 0.3) is 0 Å². The van der Waals surface area contributed by atoms with E-state index in [2.05, 4.69) is 46.8 Å². The third-order valence-electron chi connectivity index (χ3n) is 6.00. The predicted octanol–water partition coefficient (Wildman–Crippen LogP) is 2.87. The SMILES string of the molecule is CN(Cc1ccco1)C1COC2(CCN(Cc3cccn3C)CC2)C1.